The number of ether oxygens (including phenoxy) is 1. The number of likely N-dealkylation sites (tertiary alicyclic amines) is 1. The fraction of sp³-hybridized carbons (Fsp3) is 0.387. The molecule has 4 rings (SSSR count). The van der Waals surface area contributed by atoms with Gasteiger partial charge in [0.25, 0.3) is 0 Å². The Kier molecular flexibility index (Phi) is 10.6. The number of alkyl halides is 3. The molecule has 1 fully saturated rings. The summed E-state index contributed by atoms with van der Waals surface area (Å²) in [6.45, 7) is 4.60. The van der Waals surface area contributed by atoms with Gasteiger partial charge in [-0.1, -0.05) is 31.5 Å². The fourth-order valence-electron chi connectivity index (χ4n) is 4.86. The number of hydrogen-bond acceptors (Lipinski definition) is 5. The van der Waals surface area contributed by atoms with Crippen molar-refractivity contribution in [2.75, 3.05) is 35.5 Å². The maximum absolute atomic E-state index is 13.3. The Morgan fingerprint density at radius 3 is 2.21 bits per heavy atom. The van der Waals surface area contributed by atoms with Crippen LogP contribution in [0.5, 0.6) is 11.5 Å². The second-order valence-electron chi connectivity index (χ2n) is 10.7. The summed E-state index contributed by atoms with van der Waals surface area (Å²) < 4.78 is 70.8. The smallest absolute Gasteiger partial charge is 0.416 e. The van der Waals surface area contributed by atoms with Crippen molar-refractivity contribution in [2.24, 2.45) is 0 Å². The number of halogens is 3. The lowest BCUT2D eigenvalue weighted by atomic mass is 10.0. The van der Waals surface area contributed by atoms with E-state index >= 15 is 0 Å². The molecule has 232 valence electrons. The number of nitrogens with one attached hydrogen (secondary N) is 2. The van der Waals surface area contributed by atoms with Crippen molar-refractivity contribution in [1.29, 1.82) is 0 Å². The number of carbonyl (C=O) groups is 1. The van der Waals surface area contributed by atoms with E-state index < -0.39 is 21.8 Å². The number of sulfonamides is 1. The minimum absolute atomic E-state index is 0.0616. The van der Waals surface area contributed by atoms with Gasteiger partial charge in [-0.2, -0.15) is 13.2 Å². The van der Waals surface area contributed by atoms with Crippen molar-refractivity contribution in [3.63, 3.8) is 0 Å². The van der Waals surface area contributed by atoms with Crippen LogP contribution in [0.2, 0.25) is 0 Å². The molecule has 1 aliphatic heterocycles. The van der Waals surface area contributed by atoms with Gasteiger partial charge in [-0.15, -0.1) is 0 Å². The molecule has 0 bridgehead atoms. The summed E-state index contributed by atoms with van der Waals surface area (Å²) in [7, 11) is -3.34. The first kappa shape index (κ1) is 32.2. The maximum Gasteiger partial charge on any atom is 0.416 e. The van der Waals surface area contributed by atoms with Gasteiger partial charge in [0.15, 0.2) is 0 Å². The van der Waals surface area contributed by atoms with E-state index in [1.54, 1.807) is 30.3 Å². The molecule has 43 heavy (non-hydrogen) atoms. The first-order valence-electron chi connectivity index (χ1n) is 14.2. The lowest BCUT2D eigenvalue weighted by molar-refractivity contribution is -0.137. The number of nitrogens with zero attached hydrogens (tertiary/aromatic N) is 2. The van der Waals surface area contributed by atoms with Crippen LogP contribution in [0.4, 0.5) is 29.3 Å². The lowest BCUT2D eigenvalue weighted by Crippen LogP contribution is -2.49. The maximum atomic E-state index is 13.3. The molecule has 0 aliphatic carbocycles. The fourth-order valence-corrected chi connectivity index (χ4v) is 5.43. The van der Waals surface area contributed by atoms with Crippen LogP contribution in [0.1, 0.15) is 43.7 Å². The van der Waals surface area contributed by atoms with E-state index in [1.807, 2.05) is 31.2 Å². The zero-order chi connectivity index (χ0) is 31.0. The Bertz CT molecular complexity index is 1460. The Morgan fingerprint density at radius 1 is 1.00 bits per heavy atom. The van der Waals surface area contributed by atoms with Gasteiger partial charge in [-0.25, -0.2) is 13.2 Å². The summed E-state index contributed by atoms with van der Waals surface area (Å²) >= 11 is 0. The lowest BCUT2D eigenvalue weighted by Gasteiger charge is -2.34. The molecule has 2 amide bonds. The predicted octanol–water partition coefficient (Wildman–Crippen LogP) is 6.85. The monoisotopic (exact) mass is 618 g/mol. The van der Waals surface area contributed by atoms with Gasteiger partial charge >= 0.3 is 12.2 Å². The molecule has 0 spiro atoms. The largest absolute Gasteiger partial charge is 0.457 e. The number of rotatable bonds is 11. The van der Waals surface area contributed by atoms with Crippen molar-refractivity contribution >= 4 is 27.4 Å². The highest BCUT2D eigenvalue weighted by Crippen LogP contribution is 2.32. The van der Waals surface area contributed by atoms with Gasteiger partial charge in [0, 0.05) is 43.6 Å². The Balaban J connectivity index is 1.27. The second kappa shape index (κ2) is 14.1. The highest BCUT2D eigenvalue weighted by molar-refractivity contribution is 7.92. The summed E-state index contributed by atoms with van der Waals surface area (Å²) in [6.07, 6.45) is -0.415. The number of unbranched alkanes of at least 4 members (excludes halogenated alkanes) is 1. The van der Waals surface area contributed by atoms with Gasteiger partial charge in [0.2, 0.25) is 10.0 Å². The van der Waals surface area contributed by atoms with Crippen LogP contribution in [-0.4, -0.2) is 51.3 Å². The zero-order valence-corrected chi connectivity index (χ0v) is 25.0. The molecule has 0 aromatic heterocycles. The molecule has 1 heterocycles. The molecule has 1 aliphatic rings. The Labute approximate surface area is 250 Å². The third-order valence-electron chi connectivity index (χ3n) is 7.10. The Hall–Kier alpha value is -3.77. The predicted molar refractivity (Wildman–Crippen MR) is 162 cm³/mol. The van der Waals surface area contributed by atoms with E-state index in [2.05, 4.69) is 14.9 Å². The van der Waals surface area contributed by atoms with Crippen LogP contribution in [0.3, 0.4) is 0 Å². The SMILES string of the molecule is CCCCN(C(=O)NC1CCN(Cc2ccc(Oc3ccc(NS(C)(=O)=O)cc3)cc2)CC1)c1cccc(C(F)(F)F)c1. The minimum atomic E-state index is -4.48. The molecule has 2 N–H and O–H groups in total. The number of anilines is 2. The van der Waals surface area contributed by atoms with Crippen molar-refractivity contribution in [3.05, 3.63) is 83.9 Å². The average molecular weight is 619 g/mol. The number of benzene rings is 3. The molecule has 3 aromatic rings. The highest BCUT2D eigenvalue weighted by Gasteiger charge is 2.31. The molecule has 1 saturated heterocycles. The van der Waals surface area contributed by atoms with E-state index in [9.17, 15) is 26.4 Å². The van der Waals surface area contributed by atoms with E-state index in [4.69, 9.17) is 4.74 Å². The number of amides is 2. The zero-order valence-electron chi connectivity index (χ0n) is 24.2. The molecule has 12 heteroatoms. The summed E-state index contributed by atoms with van der Waals surface area (Å²) in [5, 5.41) is 3.04. The molecular weight excluding hydrogens is 581 g/mol. The molecule has 8 nitrogen and oxygen atoms in total. The van der Waals surface area contributed by atoms with Crippen LogP contribution in [0.15, 0.2) is 72.8 Å². The average Bonchev–Trinajstić information content (AvgIpc) is 2.95. The standard InChI is InChI=1S/C31H37F3N4O4S/c1-3-4-18-38(27-7-5-6-24(21-27)31(32,33)34)30(39)35-25-16-19-37(20-17-25)22-23-8-12-28(13-9-23)42-29-14-10-26(11-15-29)36-43(2,40)41/h5-15,21,25,36H,3-4,16-20,22H2,1-2H3,(H,35,39). The molecular formula is C31H37F3N4O4S. The van der Waals surface area contributed by atoms with Crippen LogP contribution in [0, 0.1) is 0 Å². The van der Waals surface area contributed by atoms with Crippen molar-refractivity contribution in [3.8, 4) is 11.5 Å². The minimum Gasteiger partial charge on any atom is -0.457 e. The number of urea groups is 1. The highest BCUT2D eigenvalue weighted by atomic mass is 32.2. The quantitative estimate of drug-likeness (QED) is 0.245. The first-order chi connectivity index (χ1) is 20.4. The van der Waals surface area contributed by atoms with Gasteiger partial charge < -0.3 is 10.1 Å². The molecule has 3 aromatic carbocycles. The number of piperidine rings is 1. The number of carbonyl (C=O) groups excluding carboxylic acids is 1. The molecule has 0 atom stereocenters. The van der Waals surface area contributed by atoms with Crippen molar-refractivity contribution < 1.29 is 31.1 Å². The van der Waals surface area contributed by atoms with Gasteiger partial charge in [0.1, 0.15) is 11.5 Å². The van der Waals surface area contributed by atoms with E-state index in [0.717, 1.165) is 62.8 Å². The third kappa shape index (κ3) is 9.89. The van der Waals surface area contributed by atoms with Crippen LogP contribution in [0.25, 0.3) is 0 Å². The summed E-state index contributed by atoms with van der Waals surface area (Å²) in [6, 6.07) is 18.9. The van der Waals surface area contributed by atoms with E-state index in [0.29, 0.717) is 30.2 Å². The molecule has 0 radical (unpaired) electrons. The third-order valence-corrected chi connectivity index (χ3v) is 7.71. The molecule has 0 saturated carbocycles. The first-order valence-corrected chi connectivity index (χ1v) is 16.1. The van der Waals surface area contributed by atoms with Crippen molar-refractivity contribution in [1.82, 2.24) is 10.2 Å². The van der Waals surface area contributed by atoms with Gasteiger partial charge in [-0.05, 0) is 79.4 Å². The summed E-state index contributed by atoms with van der Waals surface area (Å²) in [5.74, 6) is 1.24. The van der Waals surface area contributed by atoms with Crippen LogP contribution in [-0.2, 0) is 22.7 Å². The summed E-state index contributed by atoms with van der Waals surface area (Å²) in [5.41, 5.74) is 1.04. The van der Waals surface area contributed by atoms with E-state index in [1.165, 1.54) is 11.0 Å². The summed E-state index contributed by atoms with van der Waals surface area (Å²) in [4.78, 5) is 16.9. The van der Waals surface area contributed by atoms with Gasteiger partial charge in [0.05, 0.1) is 11.8 Å². The van der Waals surface area contributed by atoms with Gasteiger partial charge in [-0.3, -0.25) is 14.5 Å². The topological polar surface area (TPSA) is 91.0 Å². The second-order valence-corrected chi connectivity index (χ2v) is 12.4. The molecule has 0 unspecified atom stereocenters. The Morgan fingerprint density at radius 2 is 1.63 bits per heavy atom. The normalized spacial score (nSPS) is 14.7. The van der Waals surface area contributed by atoms with Crippen molar-refractivity contribution in [2.45, 2.75) is 51.4 Å². The van der Waals surface area contributed by atoms with E-state index in [-0.39, 0.29) is 17.8 Å². The van der Waals surface area contributed by atoms with Crippen LogP contribution >= 0.6 is 0 Å². The number of hydrogen-bond donors (Lipinski definition) is 2. The van der Waals surface area contributed by atoms with Crippen LogP contribution < -0.4 is 19.7 Å².